The van der Waals surface area contributed by atoms with Crippen LogP contribution < -0.4 is 11.1 Å². The summed E-state index contributed by atoms with van der Waals surface area (Å²) in [6, 6.07) is 20.1. The first-order valence-electron chi connectivity index (χ1n) is 24.2. The van der Waals surface area contributed by atoms with Gasteiger partial charge in [0.25, 0.3) is 0 Å². The lowest BCUT2D eigenvalue weighted by molar-refractivity contribution is -0.137. The lowest BCUT2D eigenvalue weighted by Crippen LogP contribution is -2.42. The number of hydrogen-bond donors (Lipinski definition) is 3. The number of ketones is 2. The summed E-state index contributed by atoms with van der Waals surface area (Å²) in [5, 5.41) is 12.0. The molecule has 0 radical (unpaired) electrons. The fourth-order valence-electron chi connectivity index (χ4n) is 8.47. The molecule has 0 saturated heterocycles. The molecule has 67 heavy (non-hydrogen) atoms. The first-order chi connectivity index (χ1) is 31.6. The number of carboxylic acids is 1. The molecule has 0 saturated carbocycles. The smallest absolute Gasteiger partial charge is 0.304 e. The third kappa shape index (κ3) is 20.3. The average Bonchev–Trinajstić information content (AvgIpc) is 3.27. The van der Waals surface area contributed by atoms with Crippen molar-refractivity contribution >= 4 is 23.4 Å². The number of aryl methyl sites for hydroxylation is 4. The van der Waals surface area contributed by atoms with E-state index in [1.54, 1.807) is 12.4 Å². The number of aliphatic carboxylic acids is 1. The monoisotopic (exact) mass is 921 g/mol. The van der Waals surface area contributed by atoms with Gasteiger partial charge >= 0.3 is 5.97 Å². The van der Waals surface area contributed by atoms with E-state index >= 15 is 0 Å². The van der Waals surface area contributed by atoms with E-state index in [4.69, 9.17) is 10.8 Å². The standard InChI is InChI=1S/C28H41N3O2.C16H26N2O.C12H17NO2/c1-8-27(32)23-14-20(4)25(21(5)15-23)17-24(31(6)7)18-30-28(33)16-22(13-19(2)3)26-11-9-10-12-29-26;1-6-16(19)13-7-11(2)15(12(3)8-13)9-14(10-17)18(4)5;1-9(2)7-10(8-12(14)15)11-5-3-4-6-13-11/h9-12,14-15,19,22,24H,8,13,16-18H2,1-7H3,(H,30,33);7-8,14H,6,9-10,17H2,1-5H3;3-6,9-10H,7-8H2,1-2H3,(H,14,15)/t22-,24+;14-;10-/m101/s1. The zero-order valence-electron chi connectivity index (χ0n) is 43.4. The molecule has 2 aromatic carbocycles. The highest BCUT2D eigenvalue weighted by atomic mass is 16.4. The van der Waals surface area contributed by atoms with E-state index in [1.807, 2.05) is 88.6 Å². The number of Topliss-reactive ketones (excluding diaryl/α,β-unsaturated/α-hetero) is 2. The second-order valence-electron chi connectivity index (χ2n) is 19.4. The molecule has 4 aromatic rings. The van der Waals surface area contributed by atoms with Gasteiger partial charge in [-0.05, 0) is 175 Å². The lowest BCUT2D eigenvalue weighted by Gasteiger charge is -2.27. The molecule has 0 aliphatic carbocycles. The van der Waals surface area contributed by atoms with Crippen LogP contribution in [0.5, 0.6) is 0 Å². The average molecular weight is 921 g/mol. The molecule has 11 heteroatoms. The van der Waals surface area contributed by atoms with E-state index in [2.05, 4.69) is 94.6 Å². The van der Waals surface area contributed by atoms with Crippen molar-refractivity contribution < 1.29 is 24.3 Å². The summed E-state index contributed by atoms with van der Waals surface area (Å²) in [6.07, 6.45) is 8.74. The van der Waals surface area contributed by atoms with Crippen molar-refractivity contribution in [3.63, 3.8) is 0 Å². The molecule has 11 nitrogen and oxygen atoms in total. The molecule has 1 amide bonds. The highest BCUT2D eigenvalue weighted by Crippen LogP contribution is 2.27. The van der Waals surface area contributed by atoms with E-state index in [0.29, 0.717) is 50.2 Å². The van der Waals surface area contributed by atoms with Gasteiger partial charge < -0.3 is 26.0 Å². The summed E-state index contributed by atoms with van der Waals surface area (Å²) in [6.45, 7) is 21.9. The largest absolute Gasteiger partial charge is 0.481 e. The van der Waals surface area contributed by atoms with Crippen LogP contribution >= 0.6 is 0 Å². The number of rotatable bonds is 23. The van der Waals surface area contributed by atoms with Crippen molar-refractivity contribution in [2.24, 2.45) is 17.6 Å². The highest BCUT2D eigenvalue weighted by molar-refractivity contribution is 5.97. The maximum atomic E-state index is 12.9. The minimum atomic E-state index is -0.758. The number of aromatic nitrogens is 2. The van der Waals surface area contributed by atoms with Gasteiger partial charge in [0.05, 0.1) is 6.42 Å². The third-order valence-electron chi connectivity index (χ3n) is 12.4. The van der Waals surface area contributed by atoms with Crippen molar-refractivity contribution in [1.82, 2.24) is 25.1 Å². The second-order valence-corrected chi connectivity index (χ2v) is 19.4. The molecular weight excluding hydrogens is 837 g/mol. The Labute approximate surface area is 403 Å². The summed E-state index contributed by atoms with van der Waals surface area (Å²) in [7, 11) is 8.20. The Balaban J connectivity index is 0.000000382. The van der Waals surface area contributed by atoms with Gasteiger partial charge in [-0.15, -0.1) is 0 Å². The SMILES string of the molecule is CC(C)C[C@H](CC(=O)O)c1ccccn1.CCC(=O)c1cc(C)c(C[C@@H](CN)N(C)C)c(C)c1.CCC(=O)c1cc(C)c(C[C@@H](CNC(=O)C[C@@H](CC(C)C)c2ccccn2)N(C)C)c(C)c1. The van der Waals surface area contributed by atoms with Gasteiger partial charge in [-0.3, -0.25) is 29.1 Å². The summed E-state index contributed by atoms with van der Waals surface area (Å²) >= 11 is 0. The normalized spacial score (nSPS) is 13.0. The molecule has 0 spiro atoms. The Morgan fingerprint density at radius 1 is 0.627 bits per heavy atom. The molecule has 4 atom stereocenters. The van der Waals surface area contributed by atoms with Gasteiger partial charge in [-0.1, -0.05) is 53.7 Å². The van der Waals surface area contributed by atoms with Crippen LogP contribution in [0.1, 0.15) is 157 Å². The van der Waals surface area contributed by atoms with Crippen LogP contribution in [-0.2, 0) is 22.4 Å². The summed E-state index contributed by atoms with van der Waals surface area (Å²) in [5.74, 6) is 0.820. The van der Waals surface area contributed by atoms with Gasteiger partial charge in [0.2, 0.25) is 5.91 Å². The zero-order chi connectivity index (χ0) is 50.4. The van der Waals surface area contributed by atoms with Crippen molar-refractivity contribution in [2.75, 3.05) is 41.3 Å². The van der Waals surface area contributed by atoms with Crippen LogP contribution in [0, 0.1) is 39.5 Å². The minimum absolute atomic E-state index is 0.0312. The fourth-order valence-corrected chi connectivity index (χ4v) is 8.47. The molecule has 0 aliphatic heterocycles. The first-order valence-corrected chi connectivity index (χ1v) is 24.2. The van der Waals surface area contributed by atoms with Crippen LogP contribution in [0.4, 0.5) is 0 Å². The number of pyridine rings is 2. The molecule has 368 valence electrons. The molecule has 0 aliphatic rings. The Kier molecular flexibility index (Phi) is 25.6. The molecular formula is C56H84N6O5. The van der Waals surface area contributed by atoms with E-state index in [9.17, 15) is 19.2 Å². The quantitative estimate of drug-likeness (QED) is 0.0612. The topological polar surface area (TPSA) is 159 Å². The van der Waals surface area contributed by atoms with E-state index in [-0.39, 0.29) is 41.8 Å². The summed E-state index contributed by atoms with van der Waals surface area (Å²) in [5.41, 5.74) is 16.5. The number of hydrogen-bond acceptors (Lipinski definition) is 9. The van der Waals surface area contributed by atoms with Crippen LogP contribution in [0.25, 0.3) is 0 Å². The van der Waals surface area contributed by atoms with Crippen LogP contribution in [0.15, 0.2) is 73.1 Å². The van der Waals surface area contributed by atoms with Gasteiger partial charge in [-0.2, -0.15) is 0 Å². The van der Waals surface area contributed by atoms with Crippen molar-refractivity contribution in [1.29, 1.82) is 0 Å². The molecule has 0 fully saturated rings. The van der Waals surface area contributed by atoms with E-state index < -0.39 is 5.97 Å². The van der Waals surface area contributed by atoms with Crippen LogP contribution in [-0.4, -0.2) is 102 Å². The zero-order valence-corrected chi connectivity index (χ0v) is 43.4. The maximum Gasteiger partial charge on any atom is 0.304 e. The molecule has 2 heterocycles. The lowest BCUT2D eigenvalue weighted by atomic mass is 9.90. The third-order valence-corrected chi connectivity index (χ3v) is 12.4. The summed E-state index contributed by atoms with van der Waals surface area (Å²) < 4.78 is 0. The number of carboxylic acid groups (broad SMARTS) is 1. The fraction of sp³-hybridized carbons (Fsp3) is 0.536. The van der Waals surface area contributed by atoms with Crippen LogP contribution in [0.3, 0.4) is 0 Å². The first kappa shape index (κ1) is 58.0. The van der Waals surface area contributed by atoms with E-state index in [1.165, 1.54) is 22.3 Å². The Hall–Kier alpha value is -5.10. The van der Waals surface area contributed by atoms with Gasteiger partial charge in [0.1, 0.15) is 0 Å². The predicted octanol–water partition coefficient (Wildman–Crippen LogP) is 10.1. The number of nitrogens with one attached hydrogen (secondary N) is 1. The predicted molar refractivity (Wildman–Crippen MR) is 275 cm³/mol. The molecule has 4 N–H and O–H groups in total. The Morgan fingerprint density at radius 2 is 1.01 bits per heavy atom. The van der Waals surface area contributed by atoms with Gasteiger partial charge in [-0.25, -0.2) is 0 Å². The van der Waals surface area contributed by atoms with E-state index in [0.717, 1.165) is 59.3 Å². The molecule has 4 rings (SSSR count). The number of nitrogens with two attached hydrogens (primary N) is 1. The molecule has 2 aromatic heterocycles. The Bertz CT molecular complexity index is 2090. The number of likely N-dealkylation sites (N-methyl/N-ethyl adjacent to an activating group) is 2. The van der Waals surface area contributed by atoms with Crippen molar-refractivity contribution in [2.45, 2.75) is 145 Å². The maximum absolute atomic E-state index is 12.9. The molecule has 0 bridgehead atoms. The van der Waals surface area contributed by atoms with Crippen LogP contribution in [0.2, 0.25) is 0 Å². The number of carbonyl (C=O) groups is 4. The number of carbonyl (C=O) groups excluding carboxylic acids is 3. The Morgan fingerprint density at radius 3 is 1.33 bits per heavy atom. The van der Waals surface area contributed by atoms with Gasteiger partial charge in [0, 0.05) is 91.2 Å². The minimum Gasteiger partial charge on any atom is -0.481 e. The summed E-state index contributed by atoms with van der Waals surface area (Å²) in [4.78, 5) is 60.6. The van der Waals surface area contributed by atoms with Crippen molar-refractivity contribution in [3.05, 3.63) is 129 Å². The highest BCUT2D eigenvalue weighted by Gasteiger charge is 2.22. The van der Waals surface area contributed by atoms with Gasteiger partial charge in [0.15, 0.2) is 11.6 Å². The number of nitrogens with zero attached hydrogens (tertiary/aromatic N) is 4. The van der Waals surface area contributed by atoms with Crippen molar-refractivity contribution in [3.8, 4) is 0 Å². The number of amides is 1. The second kappa shape index (κ2) is 29.6. The number of benzene rings is 2. The molecule has 0 unspecified atom stereocenters.